The molecule has 3 heteroatoms. The minimum absolute atomic E-state index is 0.340. The van der Waals surface area contributed by atoms with Gasteiger partial charge in [0.2, 0.25) is 0 Å². The molecular weight excluding hydrogens is 224 g/mol. The SMILES string of the molecule is CC(C)N(Cc1ccc(O)cc1)CC1CCCN1. The molecule has 1 atom stereocenters. The minimum Gasteiger partial charge on any atom is -0.508 e. The molecule has 1 fully saturated rings. The summed E-state index contributed by atoms with van der Waals surface area (Å²) in [4.78, 5) is 2.50. The summed E-state index contributed by atoms with van der Waals surface area (Å²) in [5.41, 5.74) is 1.26. The van der Waals surface area contributed by atoms with Crippen molar-refractivity contribution in [1.82, 2.24) is 10.2 Å². The van der Waals surface area contributed by atoms with Crippen molar-refractivity contribution in [2.45, 2.75) is 45.3 Å². The van der Waals surface area contributed by atoms with Crippen LogP contribution in [0.3, 0.4) is 0 Å². The van der Waals surface area contributed by atoms with Gasteiger partial charge in [-0.2, -0.15) is 0 Å². The highest BCUT2D eigenvalue weighted by Crippen LogP contribution is 2.15. The van der Waals surface area contributed by atoms with E-state index in [9.17, 15) is 5.11 Å². The number of phenolic OH excluding ortho intramolecular Hbond substituents is 1. The van der Waals surface area contributed by atoms with Crippen molar-refractivity contribution in [1.29, 1.82) is 0 Å². The summed E-state index contributed by atoms with van der Waals surface area (Å²) in [6, 6.07) is 8.73. The van der Waals surface area contributed by atoms with Crippen LogP contribution in [0.5, 0.6) is 5.75 Å². The van der Waals surface area contributed by atoms with Crippen LogP contribution in [0.2, 0.25) is 0 Å². The summed E-state index contributed by atoms with van der Waals surface area (Å²) >= 11 is 0. The molecule has 2 rings (SSSR count). The Morgan fingerprint density at radius 2 is 2.06 bits per heavy atom. The van der Waals surface area contributed by atoms with Crippen molar-refractivity contribution in [3.63, 3.8) is 0 Å². The lowest BCUT2D eigenvalue weighted by molar-refractivity contribution is 0.194. The van der Waals surface area contributed by atoms with Crippen molar-refractivity contribution < 1.29 is 5.11 Å². The van der Waals surface area contributed by atoms with Gasteiger partial charge in [0.05, 0.1) is 0 Å². The van der Waals surface area contributed by atoms with Crippen LogP contribution in [0.1, 0.15) is 32.3 Å². The first kappa shape index (κ1) is 13.4. The molecule has 0 aliphatic carbocycles. The average Bonchev–Trinajstić information content (AvgIpc) is 2.84. The van der Waals surface area contributed by atoms with Gasteiger partial charge in [0.15, 0.2) is 0 Å². The highest BCUT2D eigenvalue weighted by atomic mass is 16.3. The molecule has 1 saturated heterocycles. The van der Waals surface area contributed by atoms with Gasteiger partial charge in [-0.15, -0.1) is 0 Å². The normalized spacial score (nSPS) is 19.9. The molecule has 0 aromatic heterocycles. The molecule has 100 valence electrons. The Labute approximate surface area is 110 Å². The van der Waals surface area contributed by atoms with Gasteiger partial charge >= 0.3 is 0 Å². The standard InChI is InChI=1S/C15H24N2O/c1-12(2)17(11-14-4-3-9-16-14)10-13-5-7-15(18)8-6-13/h5-8,12,14,16,18H,3-4,9-11H2,1-2H3. The topological polar surface area (TPSA) is 35.5 Å². The maximum Gasteiger partial charge on any atom is 0.115 e. The molecule has 1 aliphatic rings. The third-order valence-corrected chi connectivity index (χ3v) is 3.67. The van der Waals surface area contributed by atoms with Gasteiger partial charge in [-0.3, -0.25) is 4.90 Å². The van der Waals surface area contributed by atoms with Crippen molar-refractivity contribution in [3.05, 3.63) is 29.8 Å². The molecule has 1 aromatic carbocycles. The molecule has 18 heavy (non-hydrogen) atoms. The molecule has 0 spiro atoms. The van der Waals surface area contributed by atoms with Crippen molar-refractivity contribution in [3.8, 4) is 5.75 Å². The third kappa shape index (κ3) is 3.72. The van der Waals surface area contributed by atoms with Crippen LogP contribution < -0.4 is 5.32 Å². The van der Waals surface area contributed by atoms with E-state index in [-0.39, 0.29) is 0 Å². The fourth-order valence-electron chi connectivity index (χ4n) is 2.49. The predicted octanol–water partition coefficient (Wildman–Crippen LogP) is 2.35. The monoisotopic (exact) mass is 248 g/mol. The maximum absolute atomic E-state index is 9.31. The van der Waals surface area contributed by atoms with Gasteiger partial charge in [-0.1, -0.05) is 12.1 Å². The van der Waals surface area contributed by atoms with E-state index in [4.69, 9.17) is 0 Å². The molecule has 1 aromatic rings. The largest absolute Gasteiger partial charge is 0.508 e. The summed E-state index contributed by atoms with van der Waals surface area (Å²) in [5.74, 6) is 0.340. The molecule has 3 nitrogen and oxygen atoms in total. The van der Waals surface area contributed by atoms with E-state index in [0.717, 1.165) is 19.6 Å². The molecular formula is C15H24N2O. The summed E-state index contributed by atoms with van der Waals surface area (Å²) < 4.78 is 0. The lowest BCUT2D eigenvalue weighted by Crippen LogP contribution is -2.40. The van der Waals surface area contributed by atoms with E-state index in [1.165, 1.54) is 18.4 Å². The zero-order valence-corrected chi connectivity index (χ0v) is 11.4. The number of benzene rings is 1. The molecule has 1 heterocycles. The second-order valence-electron chi connectivity index (χ2n) is 5.48. The van der Waals surface area contributed by atoms with Gasteiger partial charge in [0, 0.05) is 25.2 Å². The predicted molar refractivity (Wildman–Crippen MR) is 74.7 cm³/mol. The molecule has 2 N–H and O–H groups in total. The third-order valence-electron chi connectivity index (χ3n) is 3.67. The van der Waals surface area contributed by atoms with E-state index in [1.54, 1.807) is 12.1 Å². The van der Waals surface area contributed by atoms with Gasteiger partial charge in [-0.25, -0.2) is 0 Å². The second-order valence-corrected chi connectivity index (χ2v) is 5.48. The fourth-order valence-corrected chi connectivity index (χ4v) is 2.49. The number of rotatable bonds is 5. The van der Waals surface area contributed by atoms with E-state index in [1.807, 2.05) is 12.1 Å². The van der Waals surface area contributed by atoms with Crippen LogP contribution in [0.15, 0.2) is 24.3 Å². The summed E-state index contributed by atoms with van der Waals surface area (Å²) in [7, 11) is 0. The first-order valence-corrected chi connectivity index (χ1v) is 6.90. The highest BCUT2D eigenvalue weighted by molar-refractivity contribution is 5.25. The smallest absolute Gasteiger partial charge is 0.115 e. The van der Waals surface area contributed by atoms with Gasteiger partial charge in [-0.05, 0) is 50.9 Å². The van der Waals surface area contributed by atoms with Crippen LogP contribution in [-0.2, 0) is 6.54 Å². The van der Waals surface area contributed by atoms with E-state index < -0.39 is 0 Å². The van der Waals surface area contributed by atoms with Crippen LogP contribution in [0.25, 0.3) is 0 Å². The molecule has 0 amide bonds. The molecule has 0 saturated carbocycles. The number of nitrogens with zero attached hydrogens (tertiary/aromatic N) is 1. The molecule has 0 radical (unpaired) electrons. The highest BCUT2D eigenvalue weighted by Gasteiger charge is 2.19. The summed E-state index contributed by atoms with van der Waals surface area (Å²) in [6.45, 7) is 7.72. The van der Waals surface area contributed by atoms with Crippen molar-refractivity contribution >= 4 is 0 Å². The number of phenols is 1. The number of nitrogens with one attached hydrogen (secondary N) is 1. The fraction of sp³-hybridized carbons (Fsp3) is 0.600. The van der Waals surface area contributed by atoms with E-state index >= 15 is 0 Å². The summed E-state index contributed by atoms with van der Waals surface area (Å²) in [6.07, 6.45) is 2.59. The quantitative estimate of drug-likeness (QED) is 0.839. The second kappa shape index (κ2) is 6.21. The van der Waals surface area contributed by atoms with Crippen LogP contribution >= 0.6 is 0 Å². The molecule has 0 bridgehead atoms. The minimum atomic E-state index is 0.340. The van der Waals surface area contributed by atoms with E-state index in [0.29, 0.717) is 17.8 Å². The van der Waals surface area contributed by atoms with E-state index in [2.05, 4.69) is 24.1 Å². The molecule has 1 aliphatic heterocycles. The van der Waals surface area contributed by atoms with Gasteiger partial charge in [0.25, 0.3) is 0 Å². The average molecular weight is 248 g/mol. The Balaban J connectivity index is 1.94. The zero-order valence-electron chi connectivity index (χ0n) is 11.4. The summed E-state index contributed by atoms with van der Waals surface area (Å²) in [5, 5.41) is 12.9. The van der Waals surface area contributed by atoms with Crippen molar-refractivity contribution in [2.75, 3.05) is 13.1 Å². The van der Waals surface area contributed by atoms with Crippen LogP contribution in [0.4, 0.5) is 0 Å². The van der Waals surface area contributed by atoms with Gasteiger partial charge < -0.3 is 10.4 Å². The Hall–Kier alpha value is -1.06. The number of hydrogen-bond donors (Lipinski definition) is 2. The number of hydrogen-bond acceptors (Lipinski definition) is 3. The Bertz CT molecular complexity index is 355. The van der Waals surface area contributed by atoms with Crippen molar-refractivity contribution in [2.24, 2.45) is 0 Å². The number of aromatic hydroxyl groups is 1. The Morgan fingerprint density at radius 1 is 1.33 bits per heavy atom. The first-order chi connectivity index (χ1) is 8.65. The molecule has 1 unspecified atom stereocenters. The van der Waals surface area contributed by atoms with Gasteiger partial charge in [0.1, 0.15) is 5.75 Å². The zero-order chi connectivity index (χ0) is 13.0. The van der Waals surface area contributed by atoms with Crippen LogP contribution in [-0.4, -0.2) is 35.2 Å². The Morgan fingerprint density at radius 3 is 2.61 bits per heavy atom. The van der Waals surface area contributed by atoms with Crippen LogP contribution in [0, 0.1) is 0 Å². The first-order valence-electron chi connectivity index (χ1n) is 6.90. The maximum atomic E-state index is 9.31. The lowest BCUT2D eigenvalue weighted by atomic mass is 10.1. The Kier molecular flexibility index (Phi) is 4.61. The lowest BCUT2D eigenvalue weighted by Gasteiger charge is -2.29.